The summed E-state index contributed by atoms with van der Waals surface area (Å²) >= 11 is 0. The predicted molar refractivity (Wildman–Crippen MR) is 131 cm³/mol. The normalized spacial score (nSPS) is 13.4. The first kappa shape index (κ1) is 28.9. The largest absolute Gasteiger partial charge is 0.444 e. The molecule has 0 radical (unpaired) electrons. The Labute approximate surface area is 202 Å². The highest BCUT2D eigenvalue weighted by Crippen LogP contribution is 2.28. The maximum absolute atomic E-state index is 13.6. The molecule has 1 aromatic rings. The van der Waals surface area contributed by atoms with E-state index in [1.165, 1.54) is 11.9 Å². The van der Waals surface area contributed by atoms with Crippen LogP contribution in [0, 0.1) is 13.8 Å². The fraction of sp³-hybridized carbons (Fsp3) is 0.600. The number of carbonyl (C=O) groups excluding carboxylic acids is 4. The molecule has 0 saturated heterocycles. The molecule has 4 N–H and O–H groups in total. The third kappa shape index (κ3) is 9.03. The summed E-state index contributed by atoms with van der Waals surface area (Å²) in [6.45, 7) is 14.4. The zero-order valence-electron chi connectivity index (χ0n) is 21.9. The van der Waals surface area contributed by atoms with Crippen molar-refractivity contribution >= 4 is 23.8 Å². The molecule has 0 aliphatic carbocycles. The second-order valence-corrected chi connectivity index (χ2v) is 10.6. The van der Waals surface area contributed by atoms with Gasteiger partial charge in [0, 0.05) is 19.0 Å². The van der Waals surface area contributed by atoms with E-state index in [0.29, 0.717) is 5.56 Å². The standard InChI is InChI=1S/C25H40N4O5/c1-15-11-10-12-16(2)19(15)20(21(31)28-24(3,4)5)29(9)22(32)17(13-14-18(26)30)27-23(33)34-25(6,7)8/h10-12,17,20H,13-14H2,1-9H3,(H2,26,30)(H,27,33)(H,28,31). The van der Waals surface area contributed by atoms with Crippen molar-refractivity contribution in [2.45, 2.75) is 91.5 Å². The zero-order valence-corrected chi connectivity index (χ0v) is 21.9. The van der Waals surface area contributed by atoms with Gasteiger partial charge in [-0.3, -0.25) is 14.4 Å². The molecule has 2 atom stereocenters. The van der Waals surface area contributed by atoms with Crippen LogP contribution in [0.15, 0.2) is 18.2 Å². The summed E-state index contributed by atoms with van der Waals surface area (Å²) in [5, 5.41) is 5.49. The van der Waals surface area contributed by atoms with E-state index in [1.54, 1.807) is 20.8 Å². The maximum atomic E-state index is 13.6. The number of nitrogens with one attached hydrogen (secondary N) is 2. The first-order valence-electron chi connectivity index (χ1n) is 11.4. The molecule has 1 rings (SSSR count). The highest BCUT2D eigenvalue weighted by atomic mass is 16.6. The van der Waals surface area contributed by atoms with E-state index in [2.05, 4.69) is 10.6 Å². The van der Waals surface area contributed by atoms with Gasteiger partial charge in [-0.05, 0) is 78.5 Å². The Kier molecular flexibility index (Phi) is 9.66. The van der Waals surface area contributed by atoms with Gasteiger partial charge in [0.05, 0.1) is 0 Å². The molecule has 1 aromatic carbocycles. The number of amides is 4. The van der Waals surface area contributed by atoms with Gasteiger partial charge in [-0.2, -0.15) is 0 Å². The third-order valence-corrected chi connectivity index (χ3v) is 4.97. The number of aryl methyl sites for hydroxylation is 2. The van der Waals surface area contributed by atoms with E-state index in [0.717, 1.165) is 11.1 Å². The highest BCUT2D eigenvalue weighted by molar-refractivity contribution is 5.93. The Morgan fingerprint density at radius 1 is 1.03 bits per heavy atom. The summed E-state index contributed by atoms with van der Waals surface area (Å²) in [6, 6.07) is 3.57. The third-order valence-electron chi connectivity index (χ3n) is 4.97. The smallest absolute Gasteiger partial charge is 0.408 e. The minimum Gasteiger partial charge on any atom is -0.444 e. The number of hydrogen-bond acceptors (Lipinski definition) is 5. The molecule has 0 saturated carbocycles. The van der Waals surface area contributed by atoms with E-state index in [-0.39, 0.29) is 18.7 Å². The molecule has 190 valence electrons. The van der Waals surface area contributed by atoms with Crippen LogP contribution in [0.5, 0.6) is 0 Å². The van der Waals surface area contributed by atoms with Gasteiger partial charge in [-0.1, -0.05) is 18.2 Å². The molecule has 9 nitrogen and oxygen atoms in total. The summed E-state index contributed by atoms with van der Waals surface area (Å²) < 4.78 is 5.29. The molecule has 0 aliphatic rings. The van der Waals surface area contributed by atoms with Crippen LogP contribution in [0.4, 0.5) is 4.79 Å². The van der Waals surface area contributed by atoms with Gasteiger partial charge in [-0.15, -0.1) is 0 Å². The molecule has 0 bridgehead atoms. The second kappa shape index (κ2) is 11.4. The molecule has 0 aromatic heterocycles. The van der Waals surface area contributed by atoms with Crippen LogP contribution in [-0.2, 0) is 19.1 Å². The number of nitrogens with two attached hydrogens (primary N) is 1. The van der Waals surface area contributed by atoms with Crippen LogP contribution in [0.3, 0.4) is 0 Å². The van der Waals surface area contributed by atoms with Crippen LogP contribution >= 0.6 is 0 Å². The summed E-state index contributed by atoms with van der Waals surface area (Å²) in [7, 11) is 1.51. The van der Waals surface area contributed by atoms with Crippen LogP contribution in [0.2, 0.25) is 0 Å². The molecule has 9 heteroatoms. The first-order chi connectivity index (χ1) is 15.4. The van der Waals surface area contributed by atoms with Crippen molar-refractivity contribution < 1.29 is 23.9 Å². The number of primary amides is 1. The van der Waals surface area contributed by atoms with Gasteiger partial charge >= 0.3 is 6.09 Å². The van der Waals surface area contributed by atoms with Crippen molar-refractivity contribution in [3.05, 3.63) is 34.9 Å². The first-order valence-corrected chi connectivity index (χ1v) is 11.4. The molecule has 0 spiro atoms. The number of alkyl carbamates (subject to hydrolysis) is 1. The molecule has 0 fully saturated rings. The van der Waals surface area contributed by atoms with Crippen LogP contribution in [0.1, 0.15) is 77.1 Å². The zero-order chi connectivity index (χ0) is 26.4. The Morgan fingerprint density at radius 3 is 2.00 bits per heavy atom. The lowest BCUT2D eigenvalue weighted by Gasteiger charge is -2.34. The van der Waals surface area contributed by atoms with Crippen LogP contribution in [0.25, 0.3) is 0 Å². The van der Waals surface area contributed by atoms with Crippen LogP contribution in [-0.4, -0.2) is 52.9 Å². The van der Waals surface area contributed by atoms with Gasteiger partial charge in [0.1, 0.15) is 17.7 Å². The quantitative estimate of drug-likeness (QED) is 0.531. The second-order valence-electron chi connectivity index (χ2n) is 10.6. The molecule has 4 amide bonds. The van der Waals surface area contributed by atoms with Gasteiger partial charge in [0.15, 0.2) is 0 Å². The molecule has 0 heterocycles. The van der Waals surface area contributed by atoms with E-state index in [9.17, 15) is 19.2 Å². The SMILES string of the molecule is Cc1cccc(C)c1C(C(=O)NC(C)(C)C)N(C)C(=O)C(CCC(N)=O)NC(=O)OC(C)(C)C. The van der Waals surface area contributed by atoms with E-state index in [4.69, 9.17) is 10.5 Å². The maximum Gasteiger partial charge on any atom is 0.408 e. The Bertz CT molecular complexity index is 895. The van der Waals surface area contributed by atoms with Crippen molar-refractivity contribution in [3.63, 3.8) is 0 Å². The van der Waals surface area contributed by atoms with Crippen molar-refractivity contribution in [3.8, 4) is 0 Å². The molecule has 34 heavy (non-hydrogen) atoms. The summed E-state index contributed by atoms with van der Waals surface area (Å²) in [6.07, 6.45) is -0.952. The lowest BCUT2D eigenvalue weighted by molar-refractivity contribution is -0.141. The summed E-state index contributed by atoms with van der Waals surface area (Å²) in [5.41, 5.74) is 6.38. The van der Waals surface area contributed by atoms with Gasteiger partial charge in [0.2, 0.25) is 17.7 Å². The van der Waals surface area contributed by atoms with E-state index >= 15 is 0 Å². The number of hydrogen-bond donors (Lipinski definition) is 3. The van der Waals surface area contributed by atoms with Crippen molar-refractivity contribution in [2.75, 3.05) is 7.05 Å². The number of likely N-dealkylation sites (N-methyl/N-ethyl adjacent to an activating group) is 1. The minimum atomic E-state index is -1.11. The van der Waals surface area contributed by atoms with Crippen LogP contribution < -0.4 is 16.4 Å². The van der Waals surface area contributed by atoms with Crippen molar-refractivity contribution in [1.29, 1.82) is 0 Å². The Morgan fingerprint density at radius 2 is 1.56 bits per heavy atom. The topological polar surface area (TPSA) is 131 Å². The molecule has 2 unspecified atom stereocenters. The minimum absolute atomic E-state index is 0.0296. The number of benzene rings is 1. The van der Waals surface area contributed by atoms with Gasteiger partial charge in [0.25, 0.3) is 0 Å². The molecular weight excluding hydrogens is 436 g/mol. The Balaban J connectivity index is 3.40. The Hall–Kier alpha value is -3.10. The van der Waals surface area contributed by atoms with E-state index in [1.807, 2.05) is 52.8 Å². The summed E-state index contributed by atoms with van der Waals surface area (Å²) in [5.74, 6) is -1.50. The van der Waals surface area contributed by atoms with Gasteiger partial charge < -0.3 is 26.0 Å². The fourth-order valence-electron chi connectivity index (χ4n) is 3.56. The average Bonchev–Trinajstić information content (AvgIpc) is 2.64. The number of rotatable bonds is 8. The molecule has 0 aliphatic heterocycles. The highest BCUT2D eigenvalue weighted by Gasteiger charge is 2.36. The number of nitrogens with zero attached hydrogens (tertiary/aromatic N) is 1. The molecular formula is C25H40N4O5. The lowest BCUT2D eigenvalue weighted by atomic mass is 9.93. The van der Waals surface area contributed by atoms with Gasteiger partial charge in [-0.25, -0.2) is 4.79 Å². The average molecular weight is 477 g/mol. The fourth-order valence-corrected chi connectivity index (χ4v) is 3.56. The van der Waals surface area contributed by atoms with E-state index < -0.39 is 41.1 Å². The number of ether oxygens (including phenoxy) is 1. The van der Waals surface area contributed by atoms with Crippen molar-refractivity contribution in [1.82, 2.24) is 15.5 Å². The monoisotopic (exact) mass is 476 g/mol. The predicted octanol–water partition coefficient (Wildman–Crippen LogP) is 2.88. The van der Waals surface area contributed by atoms with Crippen molar-refractivity contribution in [2.24, 2.45) is 5.73 Å². The summed E-state index contributed by atoms with van der Waals surface area (Å²) in [4.78, 5) is 52.1. The number of carbonyl (C=O) groups is 4. The lowest BCUT2D eigenvalue weighted by Crippen LogP contribution is -2.53.